The number of hydrogen-bond donors (Lipinski definition) is 2. The summed E-state index contributed by atoms with van der Waals surface area (Å²) in [6.45, 7) is 3.55. The van der Waals surface area contributed by atoms with E-state index in [0.29, 0.717) is 0 Å². The molecule has 0 saturated heterocycles. The van der Waals surface area contributed by atoms with E-state index in [1.54, 1.807) is 13.8 Å². The molecule has 0 fully saturated rings. The molecule has 0 aliphatic rings. The molecule has 1 amide bonds. The van der Waals surface area contributed by atoms with E-state index in [4.69, 9.17) is 5.84 Å². The number of aromatic nitrogens is 2. The predicted octanol–water partition coefficient (Wildman–Crippen LogP) is -0.193. The molecule has 88 valence electrons. The molecule has 8 heteroatoms. The quantitative estimate of drug-likeness (QED) is 0.320. The summed E-state index contributed by atoms with van der Waals surface area (Å²) in [5.74, 6) is 4.67. The average molecular weight is 227 g/mol. The molecular formula is C8H13N5O3. The molecule has 0 aliphatic heterocycles. The lowest BCUT2D eigenvalue weighted by atomic mass is 9.93. The van der Waals surface area contributed by atoms with Gasteiger partial charge in [0.05, 0.1) is 16.9 Å². The molecular weight excluding hydrogens is 214 g/mol. The van der Waals surface area contributed by atoms with E-state index in [-0.39, 0.29) is 18.1 Å². The van der Waals surface area contributed by atoms with E-state index in [1.807, 2.05) is 5.43 Å². The SMILES string of the molecule is CC(C)(Cn1cc([N+](=O)[O-])cn1)C(=O)NN. The highest BCUT2D eigenvalue weighted by Gasteiger charge is 2.28. The number of nitrogens with zero attached hydrogens (tertiary/aromatic N) is 3. The third-order valence-corrected chi connectivity index (χ3v) is 2.13. The van der Waals surface area contributed by atoms with Crippen molar-refractivity contribution in [3.8, 4) is 0 Å². The van der Waals surface area contributed by atoms with Gasteiger partial charge >= 0.3 is 5.69 Å². The van der Waals surface area contributed by atoms with Gasteiger partial charge in [0.2, 0.25) is 5.91 Å². The van der Waals surface area contributed by atoms with Crippen LogP contribution in [0.4, 0.5) is 5.69 Å². The van der Waals surface area contributed by atoms with Crippen molar-refractivity contribution >= 4 is 11.6 Å². The van der Waals surface area contributed by atoms with Crippen LogP contribution in [0.5, 0.6) is 0 Å². The number of nitro groups is 1. The molecule has 0 saturated carbocycles. The summed E-state index contributed by atoms with van der Waals surface area (Å²) in [4.78, 5) is 21.2. The standard InChI is InChI=1S/C8H13N5O3/c1-8(2,7(14)11-9)5-12-4-6(3-10-12)13(15)16/h3-4H,5,9H2,1-2H3,(H,11,14). The second kappa shape index (κ2) is 4.27. The Balaban J connectivity index is 2.80. The van der Waals surface area contributed by atoms with Gasteiger partial charge in [-0.15, -0.1) is 0 Å². The van der Waals surface area contributed by atoms with Gasteiger partial charge in [0.15, 0.2) is 0 Å². The van der Waals surface area contributed by atoms with Gasteiger partial charge in [0.25, 0.3) is 0 Å². The zero-order valence-electron chi connectivity index (χ0n) is 9.01. The Bertz CT molecular complexity index is 412. The Morgan fingerprint density at radius 2 is 2.38 bits per heavy atom. The number of hydrogen-bond acceptors (Lipinski definition) is 5. The van der Waals surface area contributed by atoms with Crippen molar-refractivity contribution in [1.82, 2.24) is 15.2 Å². The van der Waals surface area contributed by atoms with Gasteiger partial charge in [0.1, 0.15) is 12.4 Å². The number of carbonyl (C=O) groups is 1. The number of amides is 1. The van der Waals surface area contributed by atoms with Crippen LogP contribution in [0.25, 0.3) is 0 Å². The van der Waals surface area contributed by atoms with E-state index in [9.17, 15) is 14.9 Å². The lowest BCUT2D eigenvalue weighted by molar-refractivity contribution is -0.385. The normalized spacial score (nSPS) is 11.2. The molecule has 0 bridgehead atoms. The lowest BCUT2D eigenvalue weighted by Gasteiger charge is -2.21. The molecule has 0 aliphatic carbocycles. The lowest BCUT2D eigenvalue weighted by Crippen LogP contribution is -2.43. The van der Waals surface area contributed by atoms with Crippen molar-refractivity contribution in [3.63, 3.8) is 0 Å². The van der Waals surface area contributed by atoms with Gasteiger partial charge < -0.3 is 0 Å². The molecule has 0 spiro atoms. The molecule has 1 rings (SSSR count). The minimum absolute atomic E-state index is 0.107. The van der Waals surface area contributed by atoms with Crippen LogP contribution in [-0.4, -0.2) is 20.6 Å². The summed E-state index contributed by atoms with van der Waals surface area (Å²) in [5, 5.41) is 14.2. The molecule has 1 aromatic heterocycles. The molecule has 1 heterocycles. The predicted molar refractivity (Wildman–Crippen MR) is 55.0 cm³/mol. The first-order chi connectivity index (χ1) is 7.36. The van der Waals surface area contributed by atoms with Crippen molar-refractivity contribution in [1.29, 1.82) is 0 Å². The van der Waals surface area contributed by atoms with Crippen LogP contribution in [-0.2, 0) is 11.3 Å². The van der Waals surface area contributed by atoms with Crippen LogP contribution in [0.15, 0.2) is 12.4 Å². The van der Waals surface area contributed by atoms with Crippen LogP contribution in [0.1, 0.15) is 13.8 Å². The first-order valence-corrected chi connectivity index (χ1v) is 4.55. The zero-order valence-corrected chi connectivity index (χ0v) is 9.01. The number of nitrogens with one attached hydrogen (secondary N) is 1. The smallest absolute Gasteiger partial charge is 0.294 e. The van der Waals surface area contributed by atoms with Gasteiger partial charge in [-0.25, -0.2) is 5.84 Å². The Kier molecular flexibility index (Phi) is 3.23. The van der Waals surface area contributed by atoms with Gasteiger partial charge in [-0.3, -0.25) is 25.0 Å². The second-order valence-corrected chi connectivity index (χ2v) is 4.01. The minimum Gasteiger partial charge on any atom is -0.294 e. The second-order valence-electron chi connectivity index (χ2n) is 4.01. The summed E-state index contributed by atoms with van der Waals surface area (Å²) in [5.41, 5.74) is 1.15. The highest BCUT2D eigenvalue weighted by Crippen LogP contribution is 2.19. The summed E-state index contributed by atoms with van der Waals surface area (Å²) in [6, 6.07) is 0. The molecule has 0 radical (unpaired) electrons. The Hall–Kier alpha value is -1.96. The minimum atomic E-state index is -0.783. The van der Waals surface area contributed by atoms with Crippen molar-refractivity contribution in [3.05, 3.63) is 22.5 Å². The van der Waals surface area contributed by atoms with Gasteiger partial charge in [-0.1, -0.05) is 0 Å². The highest BCUT2D eigenvalue weighted by atomic mass is 16.6. The summed E-state index contributed by atoms with van der Waals surface area (Å²) in [6.07, 6.45) is 2.40. The average Bonchev–Trinajstić information content (AvgIpc) is 2.64. The molecule has 8 nitrogen and oxygen atoms in total. The molecule has 0 unspecified atom stereocenters. The maximum absolute atomic E-state index is 11.4. The van der Waals surface area contributed by atoms with E-state index >= 15 is 0 Å². The highest BCUT2D eigenvalue weighted by molar-refractivity contribution is 5.81. The molecule has 0 aromatic carbocycles. The van der Waals surface area contributed by atoms with Gasteiger partial charge in [-0.05, 0) is 13.8 Å². The Morgan fingerprint density at radius 3 is 2.81 bits per heavy atom. The van der Waals surface area contributed by atoms with E-state index in [1.165, 1.54) is 10.9 Å². The van der Waals surface area contributed by atoms with Gasteiger partial charge in [0, 0.05) is 0 Å². The maximum atomic E-state index is 11.4. The van der Waals surface area contributed by atoms with E-state index in [0.717, 1.165) is 6.20 Å². The Morgan fingerprint density at radius 1 is 1.75 bits per heavy atom. The summed E-state index contributed by atoms with van der Waals surface area (Å²) >= 11 is 0. The number of hydrazine groups is 1. The number of rotatable bonds is 4. The van der Waals surface area contributed by atoms with Crippen molar-refractivity contribution < 1.29 is 9.72 Å². The van der Waals surface area contributed by atoms with Crippen LogP contribution >= 0.6 is 0 Å². The van der Waals surface area contributed by atoms with E-state index < -0.39 is 10.3 Å². The topological polar surface area (TPSA) is 116 Å². The molecule has 16 heavy (non-hydrogen) atoms. The van der Waals surface area contributed by atoms with Crippen molar-refractivity contribution in [2.24, 2.45) is 11.3 Å². The molecule has 0 atom stereocenters. The van der Waals surface area contributed by atoms with Crippen molar-refractivity contribution in [2.75, 3.05) is 0 Å². The van der Waals surface area contributed by atoms with Gasteiger partial charge in [-0.2, -0.15) is 5.10 Å². The van der Waals surface area contributed by atoms with Crippen molar-refractivity contribution in [2.45, 2.75) is 20.4 Å². The van der Waals surface area contributed by atoms with Crippen LogP contribution in [0.2, 0.25) is 0 Å². The fourth-order valence-electron chi connectivity index (χ4n) is 1.21. The van der Waals surface area contributed by atoms with Crippen LogP contribution in [0, 0.1) is 15.5 Å². The first-order valence-electron chi connectivity index (χ1n) is 4.55. The largest absolute Gasteiger partial charge is 0.306 e. The Labute approximate surface area is 91.5 Å². The van der Waals surface area contributed by atoms with E-state index in [2.05, 4.69) is 5.10 Å². The fourth-order valence-corrected chi connectivity index (χ4v) is 1.21. The molecule has 3 N–H and O–H groups in total. The summed E-state index contributed by atoms with van der Waals surface area (Å²) < 4.78 is 1.34. The summed E-state index contributed by atoms with van der Waals surface area (Å²) in [7, 11) is 0. The number of nitrogens with two attached hydrogens (primary N) is 1. The maximum Gasteiger partial charge on any atom is 0.306 e. The van der Waals surface area contributed by atoms with Crippen LogP contribution < -0.4 is 11.3 Å². The third kappa shape index (κ3) is 2.54. The molecule has 1 aromatic rings. The number of carbonyl (C=O) groups excluding carboxylic acids is 1. The monoisotopic (exact) mass is 227 g/mol. The third-order valence-electron chi connectivity index (χ3n) is 2.13. The first kappa shape index (κ1) is 12.1. The zero-order chi connectivity index (χ0) is 12.3. The van der Waals surface area contributed by atoms with Crippen LogP contribution in [0.3, 0.4) is 0 Å². The fraction of sp³-hybridized carbons (Fsp3) is 0.500.